The van der Waals surface area contributed by atoms with Crippen LogP contribution in [0.4, 0.5) is 0 Å². The summed E-state index contributed by atoms with van der Waals surface area (Å²) in [5.74, 6) is 1.90. The molecule has 7 heteroatoms. The number of nitrogens with zero attached hydrogens (tertiary/aromatic N) is 3. The van der Waals surface area contributed by atoms with E-state index in [0.29, 0.717) is 18.3 Å². The zero-order valence-electron chi connectivity index (χ0n) is 13.5. The van der Waals surface area contributed by atoms with Crippen molar-refractivity contribution in [2.24, 2.45) is 4.99 Å². The van der Waals surface area contributed by atoms with Gasteiger partial charge < -0.3 is 15.2 Å². The normalized spacial score (nSPS) is 12.5. The average molecular weight is 321 g/mol. The fraction of sp³-hybridized carbons (Fsp3) is 0.533. The summed E-state index contributed by atoms with van der Waals surface area (Å²) in [6.07, 6.45) is 0. The van der Waals surface area contributed by atoms with Gasteiger partial charge in [-0.3, -0.25) is 0 Å². The largest absolute Gasteiger partial charge is 0.357 e. The van der Waals surface area contributed by atoms with E-state index in [1.165, 1.54) is 4.88 Å². The molecule has 0 saturated carbocycles. The second-order valence-corrected chi connectivity index (χ2v) is 6.59. The lowest BCUT2D eigenvalue weighted by molar-refractivity contribution is 0.376. The van der Waals surface area contributed by atoms with Crippen LogP contribution in [0.25, 0.3) is 0 Å². The van der Waals surface area contributed by atoms with Crippen molar-refractivity contribution < 1.29 is 4.52 Å². The number of thiophene rings is 1. The molecule has 2 aromatic rings. The van der Waals surface area contributed by atoms with Crippen molar-refractivity contribution in [3.8, 4) is 0 Å². The monoisotopic (exact) mass is 321 g/mol. The Hall–Kier alpha value is -1.89. The lowest BCUT2D eigenvalue weighted by Crippen LogP contribution is -2.43. The number of nitrogens with one attached hydrogen (secondary N) is 2. The minimum absolute atomic E-state index is 0.0471. The van der Waals surface area contributed by atoms with Gasteiger partial charge in [0.25, 0.3) is 0 Å². The van der Waals surface area contributed by atoms with Crippen LogP contribution in [0.2, 0.25) is 0 Å². The van der Waals surface area contributed by atoms with E-state index in [9.17, 15) is 0 Å². The Bertz CT molecular complexity index is 603. The van der Waals surface area contributed by atoms with Gasteiger partial charge in [0.2, 0.25) is 5.89 Å². The molecule has 0 bridgehead atoms. The van der Waals surface area contributed by atoms with Gasteiger partial charge in [0.1, 0.15) is 6.54 Å². The van der Waals surface area contributed by atoms with E-state index in [1.807, 2.05) is 6.92 Å². The zero-order valence-corrected chi connectivity index (χ0v) is 14.3. The average Bonchev–Trinajstić information content (AvgIpc) is 3.13. The minimum Gasteiger partial charge on any atom is -0.357 e. The Morgan fingerprint density at radius 1 is 1.41 bits per heavy atom. The summed E-state index contributed by atoms with van der Waals surface area (Å²) in [7, 11) is 0. The van der Waals surface area contributed by atoms with Crippen LogP contribution in [-0.4, -0.2) is 29.2 Å². The molecule has 2 heterocycles. The van der Waals surface area contributed by atoms with Crippen molar-refractivity contribution in [3.05, 3.63) is 34.1 Å². The van der Waals surface area contributed by atoms with Crippen LogP contribution in [0.3, 0.4) is 0 Å². The van der Waals surface area contributed by atoms with E-state index in [1.54, 1.807) is 18.3 Å². The van der Waals surface area contributed by atoms with Gasteiger partial charge in [-0.25, -0.2) is 4.99 Å². The van der Waals surface area contributed by atoms with Crippen molar-refractivity contribution >= 4 is 17.3 Å². The first-order valence-electron chi connectivity index (χ1n) is 7.36. The van der Waals surface area contributed by atoms with Crippen LogP contribution in [0.1, 0.15) is 37.4 Å². The fourth-order valence-electron chi connectivity index (χ4n) is 1.95. The van der Waals surface area contributed by atoms with Gasteiger partial charge in [-0.05, 0) is 25.3 Å². The maximum Gasteiger partial charge on any atom is 0.248 e. The second kappa shape index (κ2) is 7.40. The molecule has 2 rings (SSSR count). The maximum atomic E-state index is 5.08. The van der Waals surface area contributed by atoms with Crippen molar-refractivity contribution in [1.82, 2.24) is 20.8 Å². The fourth-order valence-corrected chi connectivity index (χ4v) is 2.80. The summed E-state index contributed by atoms with van der Waals surface area (Å²) >= 11 is 1.77. The summed E-state index contributed by atoms with van der Waals surface area (Å²) in [5.41, 5.74) is 0.0471. The summed E-state index contributed by atoms with van der Waals surface area (Å²) in [4.78, 5) is 9.99. The van der Waals surface area contributed by atoms with Gasteiger partial charge in [-0.2, -0.15) is 4.98 Å². The van der Waals surface area contributed by atoms with E-state index in [-0.39, 0.29) is 5.41 Å². The van der Waals surface area contributed by atoms with Crippen LogP contribution in [0.15, 0.2) is 27.0 Å². The van der Waals surface area contributed by atoms with Crippen molar-refractivity contribution in [2.45, 2.75) is 39.7 Å². The molecular formula is C15H23N5OS. The van der Waals surface area contributed by atoms with Gasteiger partial charge in [0.05, 0.1) is 0 Å². The highest BCUT2D eigenvalue weighted by Gasteiger charge is 2.21. The van der Waals surface area contributed by atoms with Gasteiger partial charge in [0, 0.05) is 23.4 Å². The molecule has 2 N–H and O–H groups in total. The molecule has 0 aliphatic heterocycles. The lowest BCUT2D eigenvalue weighted by Gasteiger charge is -2.25. The molecule has 0 atom stereocenters. The standard InChI is InChI=1S/C15H23N5OS/c1-5-16-14(17-9-13-19-11(2)20-21-13)18-10-15(3,4)12-7-6-8-22-12/h6-8H,5,9-10H2,1-4H3,(H2,16,17,18). The Morgan fingerprint density at radius 3 is 2.82 bits per heavy atom. The number of aryl methyl sites for hydroxylation is 1. The Kier molecular flexibility index (Phi) is 5.54. The molecule has 2 aromatic heterocycles. The van der Waals surface area contributed by atoms with Crippen LogP contribution < -0.4 is 10.6 Å². The topological polar surface area (TPSA) is 75.3 Å². The third kappa shape index (κ3) is 4.56. The maximum absolute atomic E-state index is 5.08. The quantitative estimate of drug-likeness (QED) is 0.631. The van der Waals surface area contributed by atoms with E-state index in [0.717, 1.165) is 19.0 Å². The molecule has 0 radical (unpaired) electrons. The van der Waals surface area contributed by atoms with Crippen LogP contribution >= 0.6 is 11.3 Å². The number of rotatable bonds is 6. The molecule has 0 amide bonds. The van der Waals surface area contributed by atoms with E-state index in [2.05, 4.69) is 57.1 Å². The molecule has 0 unspecified atom stereocenters. The van der Waals surface area contributed by atoms with E-state index >= 15 is 0 Å². The van der Waals surface area contributed by atoms with Crippen molar-refractivity contribution in [2.75, 3.05) is 13.1 Å². The molecular weight excluding hydrogens is 298 g/mol. The predicted octanol–water partition coefficient (Wildman–Crippen LogP) is 2.47. The third-order valence-corrected chi connectivity index (χ3v) is 4.41. The molecule has 22 heavy (non-hydrogen) atoms. The number of guanidine groups is 1. The van der Waals surface area contributed by atoms with Crippen LogP contribution in [-0.2, 0) is 12.0 Å². The lowest BCUT2D eigenvalue weighted by atomic mass is 9.91. The van der Waals surface area contributed by atoms with Gasteiger partial charge in [-0.15, -0.1) is 11.3 Å². The molecule has 0 aromatic carbocycles. The first kappa shape index (κ1) is 16.5. The number of hydrogen-bond acceptors (Lipinski definition) is 5. The molecule has 0 fully saturated rings. The van der Waals surface area contributed by atoms with Crippen molar-refractivity contribution in [1.29, 1.82) is 0 Å². The molecule has 0 spiro atoms. The second-order valence-electron chi connectivity index (χ2n) is 5.65. The van der Waals surface area contributed by atoms with Gasteiger partial charge >= 0.3 is 0 Å². The highest BCUT2D eigenvalue weighted by molar-refractivity contribution is 7.10. The SMILES string of the molecule is CCNC(=NCc1nc(C)no1)NCC(C)(C)c1cccs1. The molecule has 120 valence electrons. The third-order valence-electron chi connectivity index (χ3n) is 3.17. The first-order valence-corrected chi connectivity index (χ1v) is 8.24. The van der Waals surface area contributed by atoms with E-state index < -0.39 is 0 Å². The smallest absolute Gasteiger partial charge is 0.248 e. The number of aromatic nitrogens is 2. The summed E-state index contributed by atoms with van der Waals surface area (Å²) in [6.45, 7) is 10.2. The summed E-state index contributed by atoms with van der Waals surface area (Å²) in [5, 5.41) is 12.5. The Morgan fingerprint density at radius 2 is 2.23 bits per heavy atom. The molecule has 0 aliphatic rings. The minimum atomic E-state index is 0.0471. The van der Waals surface area contributed by atoms with Crippen LogP contribution in [0.5, 0.6) is 0 Å². The Balaban J connectivity index is 1.96. The molecule has 0 aliphatic carbocycles. The summed E-state index contributed by atoms with van der Waals surface area (Å²) < 4.78 is 5.08. The first-order chi connectivity index (χ1) is 10.5. The van der Waals surface area contributed by atoms with Gasteiger partial charge in [-0.1, -0.05) is 25.1 Å². The highest BCUT2D eigenvalue weighted by Crippen LogP contribution is 2.26. The summed E-state index contributed by atoms with van der Waals surface area (Å²) in [6, 6.07) is 4.25. The zero-order chi connectivity index (χ0) is 16.0. The van der Waals surface area contributed by atoms with Crippen LogP contribution in [0, 0.1) is 6.92 Å². The predicted molar refractivity (Wildman–Crippen MR) is 89.2 cm³/mol. The number of aliphatic imine (C=N–C) groups is 1. The van der Waals surface area contributed by atoms with Crippen molar-refractivity contribution in [3.63, 3.8) is 0 Å². The van der Waals surface area contributed by atoms with Gasteiger partial charge in [0.15, 0.2) is 11.8 Å². The Labute approximate surface area is 135 Å². The number of hydrogen-bond donors (Lipinski definition) is 2. The molecule has 6 nitrogen and oxygen atoms in total. The van der Waals surface area contributed by atoms with E-state index in [4.69, 9.17) is 4.52 Å². The highest BCUT2D eigenvalue weighted by atomic mass is 32.1. The molecule has 0 saturated heterocycles.